The molecular formula is C21H30N2O2S. The minimum Gasteiger partial charge on any atom is -0.403 e. The summed E-state index contributed by atoms with van der Waals surface area (Å²) in [6, 6.07) is 8.16. The highest BCUT2D eigenvalue weighted by atomic mass is 32.2. The number of carbonyl (C=O) groups is 2. The van der Waals surface area contributed by atoms with E-state index in [1.54, 1.807) is 25.6 Å². The highest BCUT2D eigenvalue weighted by Gasteiger charge is 2.28. The summed E-state index contributed by atoms with van der Waals surface area (Å²) in [6.45, 7) is 3.60. The van der Waals surface area contributed by atoms with E-state index in [1.165, 1.54) is 36.8 Å². The van der Waals surface area contributed by atoms with Gasteiger partial charge in [-0.1, -0.05) is 51.7 Å². The molecule has 1 fully saturated rings. The highest BCUT2D eigenvalue weighted by molar-refractivity contribution is 7.98. The van der Waals surface area contributed by atoms with E-state index in [2.05, 4.69) is 5.32 Å². The van der Waals surface area contributed by atoms with E-state index >= 15 is 0 Å². The van der Waals surface area contributed by atoms with Crippen LogP contribution in [-0.4, -0.2) is 17.9 Å². The molecule has 0 aliphatic heterocycles. The maximum Gasteiger partial charge on any atom is 0.232 e. The largest absolute Gasteiger partial charge is 0.403 e. The first-order valence-corrected chi connectivity index (χ1v) is 10.6. The van der Waals surface area contributed by atoms with Gasteiger partial charge >= 0.3 is 0 Å². The highest BCUT2D eigenvalue weighted by Crippen LogP contribution is 2.35. The Morgan fingerprint density at radius 2 is 1.85 bits per heavy atom. The van der Waals surface area contributed by atoms with E-state index in [4.69, 9.17) is 5.73 Å². The van der Waals surface area contributed by atoms with Crippen molar-refractivity contribution in [3.63, 3.8) is 0 Å². The van der Waals surface area contributed by atoms with Crippen molar-refractivity contribution in [2.24, 2.45) is 17.6 Å². The third-order valence-corrected chi connectivity index (χ3v) is 5.84. The Hall–Kier alpha value is -1.75. The second-order valence-electron chi connectivity index (χ2n) is 7.30. The van der Waals surface area contributed by atoms with Crippen LogP contribution in [0.5, 0.6) is 0 Å². The number of benzene rings is 1. The van der Waals surface area contributed by atoms with Gasteiger partial charge in [-0.3, -0.25) is 9.59 Å². The molecule has 142 valence electrons. The van der Waals surface area contributed by atoms with Crippen molar-refractivity contribution in [2.75, 3.05) is 6.26 Å². The van der Waals surface area contributed by atoms with Gasteiger partial charge in [-0.2, -0.15) is 0 Å². The molecule has 1 aromatic carbocycles. The minimum atomic E-state index is -0.260. The SMILES string of the molecule is CSc1ccc(C(CC2CCCC2)C(=O)N/C(=C/N)C(=O)C(C)C)cc1. The Kier molecular flexibility index (Phi) is 7.76. The second kappa shape index (κ2) is 9.81. The van der Waals surface area contributed by atoms with Crippen molar-refractivity contribution < 1.29 is 9.59 Å². The van der Waals surface area contributed by atoms with Crippen molar-refractivity contribution in [3.8, 4) is 0 Å². The summed E-state index contributed by atoms with van der Waals surface area (Å²) in [5, 5.41) is 2.79. The zero-order chi connectivity index (χ0) is 19.1. The maximum atomic E-state index is 13.0. The average molecular weight is 375 g/mol. The van der Waals surface area contributed by atoms with Crippen LogP contribution in [0.1, 0.15) is 57.4 Å². The molecule has 2 rings (SSSR count). The Balaban J connectivity index is 2.20. The van der Waals surface area contributed by atoms with Gasteiger partial charge < -0.3 is 11.1 Å². The third-order valence-electron chi connectivity index (χ3n) is 5.09. The van der Waals surface area contributed by atoms with Gasteiger partial charge in [-0.05, 0) is 36.3 Å². The van der Waals surface area contributed by atoms with E-state index in [1.807, 2.05) is 30.5 Å². The van der Waals surface area contributed by atoms with E-state index in [-0.39, 0.29) is 29.2 Å². The van der Waals surface area contributed by atoms with Gasteiger partial charge in [-0.25, -0.2) is 0 Å². The molecule has 1 aromatic rings. The fourth-order valence-corrected chi connectivity index (χ4v) is 3.93. The van der Waals surface area contributed by atoms with Crippen LogP contribution in [0.15, 0.2) is 41.1 Å². The maximum absolute atomic E-state index is 13.0. The molecule has 1 aliphatic rings. The number of hydrogen-bond acceptors (Lipinski definition) is 4. The molecule has 1 aliphatic carbocycles. The predicted octanol–water partition coefficient (Wildman–Crippen LogP) is 4.21. The van der Waals surface area contributed by atoms with E-state index in [0.29, 0.717) is 5.92 Å². The number of nitrogens with one attached hydrogen (secondary N) is 1. The summed E-state index contributed by atoms with van der Waals surface area (Å²) in [5.41, 5.74) is 6.80. The van der Waals surface area contributed by atoms with Crippen molar-refractivity contribution in [1.82, 2.24) is 5.32 Å². The first kappa shape index (κ1) is 20.6. The molecule has 0 saturated heterocycles. The molecule has 0 radical (unpaired) electrons. The molecule has 1 atom stereocenters. The summed E-state index contributed by atoms with van der Waals surface area (Å²) in [4.78, 5) is 26.4. The molecule has 26 heavy (non-hydrogen) atoms. The van der Waals surface area contributed by atoms with Crippen LogP contribution in [0.3, 0.4) is 0 Å². The molecule has 5 heteroatoms. The predicted molar refractivity (Wildman–Crippen MR) is 108 cm³/mol. The first-order chi connectivity index (χ1) is 12.5. The van der Waals surface area contributed by atoms with Crippen LogP contribution in [0, 0.1) is 11.8 Å². The first-order valence-electron chi connectivity index (χ1n) is 9.37. The van der Waals surface area contributed by atoms with E-state index in [9.17, 15) is 9.59 Å². The lowest BCUT2D eigenvalue weighted by molar-refractivity contribution is -0.125. The minimum absolute atomic E-state index is 0.139. The summed E-state index contributed by atoms with van der Waals surface area (Å²) < 4.78 is 0. The molecular weight excluding hydrogens is 344 g/mol. The zero-order valence-electron chi connectivity index (χ0n) is 16.0. The quantitative estimate of drug-likeness (QED) is 0.528. The molecule has 0 heterocycles. The Morgan fingerprint density at radius 1 is 1.23 bits per heavy atom. The fourth-order valence-electron chi connectivity index (χ4n) is 3.53. The summed E-state index contributed by atoms with van der Waals surface area (Å²) in [5.74, 6) is -0.182. The standard InChI is InChI=1S/C21H30N2O2S/c1-14(2)20(24)19(13-22)23-21(25)18(12-15-6-4-5-7-15)16-8-10-17(26-3)11-9-16/h8-11,13-15,18H,4-7,12,22H2,1-3H3,(H,23,25)/b19-13+. The van der Waals surface area contributed by atoms with Gasteiger partial charge in [0, 0.05) is 17.0 Å². The van der Waals surface area contributed by atoms with Crippen LogP contribution in [0.2, 0.25) is 0 Å². The van der Waals surface area contributed by atoms with Crippen molar-refractivity contribution in [1.29, 1.82) is 0 Å². The summed E-state index contributed by atoms with van der Waals surface area (Å²) in [6.07, 6.45) is 8.90. The third kappa shape index (κ3) is 5.37. The van der Waals surface area contributed by atoms with Crippen LogP contribution in [0.25, 0.3) is 0 Å². The van der Waals surface area contributed by atoms with Crippen LogP contribution in [0.4, 0.5) is 0 Å². The zero-order valence-corrected chi connectivity index (χ0v) is 16.8. The van der Waals surface area contributed by atoms with Crippen LogP contribution in [-0.2, 0) is 9.59 Å². The number of Topliss-reactive ketones (excluding diaryl/α,β-unsaturated/α-hetero) is 1. The number of nitrogens with two attached hydrogens (primary N) is 1. The molecule has 4 nitrogen and oxygen atoms in total. The van der Waals surface area contributed by atoms with E-state index in [0.717, 1.165) is 12.0 Å². The smallest absolute Gasteiger partial charge is 0.232 e. The topological polar surface area (TPSA) is 72.2 Å². The lowest BCUT2D eigenvalue weighted by Gasteiger charge is -2.22. The van der Waals surface area contributed by atoms with E-state index < -0.39 is 0 Å². The Labute approximate surface area is 161 Å². The molecule has 0 bridgehead atoms. The van der Waals surface area contributed by atoms with Crippen molar-refractivity contribution in [3.05, 3.63) is 41.7 Å². The number of thioether (sulfide) groups is 1. The van der Waals surface area contributed by atoms with Crippen LogP contribution >= 0.6 is 11.8 Å². The van der Waals surface area contributed by atoms with Gasteiger partial charge in [0.05, 0.1) is 5.92 Å². The van der Waals surface area contributed by atoms with Gasteiger partial charge in [0.15, 0.2) is 5.78 Å². The van der Waals surface area contributed by atoms with Gasteiger partial charge in [0.2, 0.25) is 5.91 Å². The number of amides is 1. The number of ketones is 1. The lowest BCUT2D eigenvalue weighted by atomic mass is 9.87. The van der Waals surface area contributed by atoms with Gasteiger partial charge in [0.25, 0.3) is 0 Å². The normalized spacial score (nSPS) is 16.7. The van der Waals surface area contributed by atoms with Gasteiger partial charge in [-0.15, -0.1) is 11.8 Å². The van der Waals surface area contributed by atoms with Crippen molar-refractivity contribution in [2.45, 2.75) is 56.8 Å². The second-order valence-corrected chi connectivity index (χ2v) is 8.18. The average Bonchev–Trinajstić information content (AvgIpc) is 3.16. The monoisotopic (exact) mass is 374 g/mol. The number of allylic oxidation sites excluding steroid dienone is 1. The Morgan fingerprint density at radius 3 is 2.35 bits per heavy atom. The molecule has 1 saturated carbocycles. The molecule has 3 N–H and O–H groups in total. The number of carbonyl (C=O) groups excluding carboxylic acids is 2. The molecule has 1 amide bonds. The summed E-state index contributed by atoms with van der Waals surface area (Å²) >= 11 is 1.68. The molecule has 0 spiro atoms. The van der Waals surface area contributed by atoms with Gasteiger partial charge in [0.1, 0.15) is 5.70 Å². The summed E-state index contributed by atoms with van der Waals surface area (Å²) in [7, 11) is 0. The lowest BCUT2D eigenvalue weighted by Crippen LogP contribution is -2.34. The molecule has 1 unspecified atom stereocenters. The van der Waals surface area contributed by atoms with Crippen LogP contribution < -0.4 is 11.1 Å². The Bertz CT molecular complexity index is 646. The number of hydrogen-bond donors (Lipinski definition) is 2. The molecule has 0 aromatic heterocycles. The number of rotatable bonds is 8. The fraction of sp³-hybridized carbons (Fsp3) is 0.524. The van der Waals surface area contributed by atoms with Crippen molar-refractivity contribution >= 4 is 23.5 Å².